The van der Waals surface area contributed by atoms with Crippen molar-refractivity contribution in [1.29, 1.82) is 5.41 Å². The molecule has 0 spiro atoms. The normalized spacial score (nSPS) is 11.4. The van der Waals surface area contributed by atoms with Crippen molar-refractivity contribution in [2.45, 2.75) is 39.4 Å². The smallest absolute Gasteiger partial charge is 0.407 e. The van der Waals surface area contributed by atoms with Gasteiger partial charge in [0.1, 0.15) is 17.2 Å². The van der Waals surface area contributed by atoms with Gasteiger partial charge >= 0.3 is 18.2 Å². The van der Waals surface area contributed by atoms with Gasteiger partial charge in [-0.25, -0.2) is 14.6 Å². The molecule has 11 heteroatoms. The van der Waals surface area contributed by atoms with Crippen LogP contribution in [0.15, 0.2) is 36.5 Å². The second-order valence-electron chi connectivity index (χ2n) is 7.78. The fraction of sp³-hybridized carbons (Fsp3) is 0.333. The lowest BCUT2D eigenvalue weighted by Crippen LogP contribution is -2.36. The standard InChI is InChI=1S/C21H24F2N4O5/c1-20(2,3)32-19(30)26-11-15(24)16-14(18(28)29)9-10-25-17(16)27-12-5-7-13(8-6-12)31-21(4,22)23/h5-10,24H,11H2,1-4H3,(H,25,27)(H,26,30)(H,28,29). The molecule has 2 rings (SSSR count). The maximum Gasteiger partial charge on any atom is 0.407 e. The van der Waals surface area contributed by atoms with Gasteiger partial charge in [-0.15, -0.1) is 0 Å². The van der Waals surface area contributed by atoms with Crippen molar-refractivity contribution in [3.05, 3.63) is 47.7 Å². The van der Waals surface area contributed by atoms with Crippen LogP contribution in [0.5, 0.6) is 5.75 Å². The van der Waals surface area contributed by atoms with E-state index in [1.807, 2.05) is 0 Å². The molecule has 0 bridgehead atoms. The average molecular weight is 450 g/mol. The van der Waals surface area contributed by atoms with Crippen LogP contribution in [-0.4, -0.2) is 46.1 Å². The first kappa shape index (κ1) is 24.5. The minimum atomic E-state index is -3.34. The largest absolute Gasteiger partial charge is 0.478 e. The number of carbonyl (C=O) groups is 2. The molecule has 1 amide bonds. The molecule has 9 nitrogen and oxygen atoms in total. The van der Waals surface area contributed by atoms with E-state index < -0.39 is 23.8 Å². The summed E-state index contributed by atoms with van der Waals surface area (Å²) in [6.45, 7) is 5.35. The number of pyridine rings is 1. The second-order valence-corrected chi connectivity index (χ2v) is 7.78. The highest BCUT2D eigenvalue weighted by atomic mass is 19.3. The van der Waals surface area contributed by atoms with Crippen LogP contribution in [0.2, 0.25) is 0 Å². The molecule has 0 saturated heterocycles. The molecule has 0 aliphatic carbocycles. The number of hydrogen-bond donors (Lipinski definition) is 4. The zero-order valence-electron chi connectivity index (χ0n) is 18.0. The SMILES string of the molecule is CC(C)(C)OC(=O)NCC(=N)c1c(C(=O)O)ccnc1Nc1ccc(OC(C)(F)F)cc1. The van der Waals surface area contributed by atoms with Gasteiger partial charge in [0.2, 0.25) is 0 Å². The number of nitrogens with one attached hydrogen (secondary N) is 3. The van der Waals surface area contributed by atoms with Crippen LogP contribution in [0.4, 0.5) is 25.1 Å². The third-order valence-electron chi connectivity index (χ3n) is 3.71. The number of benzene rings is 1. The summed E-state index contributed by atoms with van der Waals surface area (Å²) in [4.78, 5) is 27.7. The first-order valence-electron chi connectivity index (χ1n) is 9.46. The molecule has 0 unspecified atom stereocenters. The zero-order chi connectivity index (χ0) is 24.1. The molecule has 0 aliphatic rings. The highest BCUT2D eigenvalue weighted by molar-refractivity contribution is 6.12. The molecule has 2 aromatic rings. The Labute approximate surface area is 183 Å². The lowest BCUT2D eigenvalue weighted by molar-refractivity contribution is -0.158. The number of carboxylic acids is 1. The molecule has 4 N–H and O–H groups in total. The Balaban J connectivity index is 2.25. The Hall–Kier alpha value is -3.76. The first-order valence-corrected chi connectivity index (χ1v) is 9.46. The lowest BCUT2D eigenvalue weighted by atomic mass is 10.0. The summed E-state index contributed by atoms with van der Waals surface area (Å²) < 4.78 is 35.5. The van der Waals surface area contributed by atoms with Crippen LogP contribution in [0.25, 0.3) is 0 Å². The number of hydrogen-bond acceptors (Lipinski definition) is 7. The Morgan fingerprint density at radius 3 is 2.28 bits per heavy atom. The van der Waals surface area contributed by atoms with E-state index in [-0.39, 0.29) is 35.0 Å². The molecular weight excluding hydrogens is 426 g/mol. The van der Waals surface area contributed by atoms with Gasteiger partial charge in [-0.2, -0.15) is 8.78 Å². The third kappa shape index (κ3) is 7.49. The summed E-state index contributed by atoms with van der Waals surface area (Å²) in [6.07, 6.45) is -2.85. The molecule has 32 heavy (non-hydrogen) atoms. The predicted octanol–water partition coefficient (Wildman–Crippen LogP) is 4.41. The van der Waals surface area contributed by atoms with Crippen LogP contribution < -0.4 is 15.4 Å². The Kier molecular flexibility index (Phi) is 7.34. The van der Waals surface area contributed by atoms with Crippen molar-refractivity contribution < 1.29 is 33.0 Å². The molecular formula is C21H24F2N4O5. The number of aromatic carboxylic acids is 1. The van der Waals surface area contributed by atoms with E-state index in [1.54, 1.807) is 20.8 Å². The maximum absolute atomic E-state index is 13.0. The van der Waals surface area contributed by atoms with Crippen LogP contribution in [0, 0.1) is 5.41 Å². The molecule has 172 valence electrons. The van der Waals surface area contributed by atoms with Crippen molar-refractivity contribution >= 4 is 29.3 Å². The van der Waals surface area contributed by atoms with Gasteiger partial charge in [-0.3, -0.25) is 0 Å². The number of anilines is 2. The number of alkyl halides is 2. The molecule has 0 fully saturated rings. The number of alkyl carbamates (subject to hydrolysis) is 1. The van der Waals surface area contributed by atoms with E-state index in [9.17, 15) is 23.5 Å². The van der Waals surface area contributed by atoms with Crippen molar-refractivity contribution in [2.24, 2.45) is 0 Å². The highest BCUT2D eigenvalue weighted by Crippen LogP contribution is 2.26. The minimum Gasteiger partial charge on any atom is -0.478 e. The number of carbonyl (C=O) groups excluding carboxylic acids is 1. The molecule has 1 heterocycles. The highest BCUT2D eigenvalue weighted by Gasteiger charge is 2.24. The van der Waals surface area contributed by atoms with Gasteiger partial charge < -0.3 is 30.6 Å². The monoisotopic (exact) mass is 450 g/mol. The van der Waals surface area contributed by atoms with E-state index in [1.165, 1.54) is 36.5 Å². The number of rotatable bonds is 8. The molecule has 1 aromatic heterocycles. The van der Waals surface area contributed by atoms with Crippen LogP contribution in [-0.2, 0) is 4.74 Å². The van der Waals surface area contributed by atoms with Crippen LogP contribution >= 0.6 is 0 Å². The molecule has 0 aliphatic heterocycles. The lowest BCUT2D eigenvalue weighted by Gasteiger charge is -2.20. The molecule has 0 saturated carbocycles. The summed E-state index contributed by atoms with van der Waals surface area (Å²) >= 11 is 0. The van der Waals surface area contributed by atoms with Crippen molar-refractivity contribution in [3.63, 3.8) is 0 Å². The molecule has 0 radical (unpaired) electrons. The van der Waals surface area contributed by atoms with Gasteiger partial charge in [0.05, 0.1) is 23.4 Å². The summed E-state index contributed by atoms with van der Waals surface area (Å²) in [5.41, 5.74) is -0.826. The van der Waals surface area contributed by atoms with Crippen LogP contribution in [0.1, 0.15) is 43.6 Å². The molecule has 1 aromatic carbocycles. The minimum absolute atomic E-state index is 0.0374. The van der Waals surface area contributed by atoms with Crippen molar-refractivity contribution in [2.75, 3.05) is 11.9 Å². The van der Waals surface area contributed by atoms with Gasteiger partial charge in [0, 0.05) is 18.8 Å². The summed E-state index contributed by atoms with van der Waals surface area (Å²) in [6, 6.07) is 6.70. The van der Waals surface area contributed by atoms with E-state index in [0.717, 1.165) is 0 Å². The van der Waals surface area contributed by atoms with E-state index in [0.29, 0.717) is 12.6 Å². The summed E-state index contributed by atoms with van der Waals surface area (Å²) in [7, 11) is 0. The number of amides is 1. The van der Waals surface area contributed by atoms with Gasteiger partial charge in [-0.05, 0) is 51.1 Å². The average Bonchev–Trinajstić information content (AvgIpc) is 2.65. The number of halogens is 2. The number of ether oxygens (including phenoxy) is 2. The van der Waals surface area contributed by atoms with E-state index >= 15 is 0 Å². The van der Waals surface area contributed by atoms with E-state index in [4.69, 9.17) is 10.1 Å². The van der Waals surface area contributed by atoms with Crippen LogP contribution in [0.3, 0.4) is 0 Å². The third-order valence-corrected chi connectivity index (χ3v) is 3.71. The number of nitrogens with zero attached hydrogens (tertiary/aromatic N) is 1. The van der Waals surface area contributed by atoms with Crippen molar-refractivity contribution in [1.82, 2.24) is 10.3 Å². The Morgan fingerprint density at radius 1 is 1.12 bits per heavy atom. The maximum atomic E-state index is 13.0. The molecule has 0 atom stereocenters. The second kappa shape index (κ2) is 9.58. The van der Waals surface area contributed by atoms with E-state index in [2.05, 4.69) is 20.4 Å². The first-order chi connectivity index (χ1) is 14.7. The zero-order valence-corrected chi connectivity index (χ0v) is 18.0. The topological polar surface area (TPSA) is 134 Å². The van der Waals surface area contributed by atoms with Crippen molar-refractivity contribution in [3.8, 4) is 5.75 Å². The van der Waals surface area contributed by atoms with Gasteiger partial charge in [0.25, 0.3) is 0 Å². The van der Waals surface area contributed by atoms with Gasteiger partial charge in [-0.1, -0.05) is 0 Å². The summed E-state index contributed by atoms with van der Waals surface area (Å²) in [5, 5.41) is 23.1. The number of aromatic nitrogens is 1. The summed E-state index contributed by atoms with van der Waals surface area (Å²) in [5.74, 6) is -1.32. The predicted molar refractivity (Wildman–Crippen MR) is 113 cm³/mol. The van der Waals surface area contributed by atoms with Gasteiger partial charge in [0.15, 0.2) is 0 Å². The number of carboxylic acid groups (broad SMARTS) is 1. The Bertz CT molecular complexity index is 999. The quantitative estimate of drug-likeness (QED) is 0.438. The fourth-order valence-electron chi connectivity index (χ4n) is 2.55. The fourth-order valence-corrected chi connectivity index (χ4v) is 2.55. The Morgan fingerprint density at radius 2 is 1.75 bits per heavy atom.